The number of hydrogen-bond donors (Lipinski definition) is 1. The normalized spacial score (nSPS) is 10.0. The predicted molar refractivity (Wildman–Crippen MR) is 79.4 cm³/mol. The van der Waals surface area contributed by atoms with E-state index in [4.69, 9.17) is 11.6 Å². The second kappa shape index (κ2) is 6.85. The Morgan fingerprint density at radius 1 is 1.29 bits per heavy atom. The van der Waals surface area contributed by atoms with Gasteiger partial charge in [0, 0.05) is 11.2 Å². The van der Waals surface area contributed by atoms with Crippen LogP contribution >= 0.6 is 11.6 Å². The average Bonchev–Trinajstić information content (AvgIpc) is 2.49. The lowest BCUT2D eigenvalue weighted by molar-refractivity contribution is -0.115. The van der Waals surface area contributed by atoms with Crippen molar-refractivity contribution in [1.29, 1.82) is 0 Å². The fourth-order valence-corrected chi connectivity index (χ4v) is 1.95. The minimum absolute atomic E-state index is 0.129. The lowest BCUT2D eigenvalue weighted by atomic mass is 10.1. The highest BCUT2D eigenvalue weighted by molar-refractivity contribution is 6.31. The summed E-state index contributed by atoms with van der Waals surface area (Å²) in [6.07, 6.45) is 1.56. The van der Waals surface area contributed by atoms with Crippen LogP contribution in [0.2, 0.25) is 5.02 Å². The molecule has 5 nitrogen and oxygen atoms in total. The summed E-state index contributed by atoms with van der Waals surface area (Å²) in [5.41, 5.74) is 1.04. The molecular weight excluding hydrogens is 292 g/mol. The van der Waals surface area contributed by atoms with E-state index in [1.54, 1.807) is 18.2 Å². The Morgan fingerprint density at radius 2 is 2.05 bits per heavy atom. The SMILES string of the molecule is COC(=O)c1ccnc(NC(=O)Cc2ccccc2Cl)c1. The summed E-state index contributed by atoms with van der Waals surface area (Å²) in [4.78, 5) is 27.4. The summed E-state index contributed by atoms with van der Waals surface area (Å²) in [5.74, 6) is -0.466. The molecule has 0 aliphatic carbocycles. The summed E-state index contributed by atoms with van der Waals surface area (Å²) in [5, 5.41) is 3.15. The van der Waals surface area contributed by atoms with Crippen LogP contribution in [0, 0.1) is 0 Å². The largest absolute Gasteiger partial charge is 0.465 e. The molecule has 1 N–H and O–H groups in total. The molecule has 0 unspecified atom stereocenters. The van der Waals surface area contributed by atoms with Gasteiger partial charge in [0.25, 0.3) is 0 Å². The second-order valence-corrected chi connectivity index (χ2v) is 4.64. The molecule has 0 aliphatic heterocycles. The molecule has 1 aromatic carbocycles. The summed E-state index contributed by atoms with van der Waals surface area (Å²) in [6.45, 7) is 0. The molecule has 21 heavy (non-hydrogen) atoms. The number of benzene rings is 1. The molecule has 1 heterocycles. The molecule has 0 bridgehead atoms. The number of halogens is 1. The first-order valence-corrected chi connectivity index (χ1v) is 6.55. The van der Waals surface area contributed by atoms with Gasteiger partial charge in [0.05, 0.1) is 19.1 Å². The van der Waals surface area contributed by atoms with Crippen molar-refractivity contribution in [2.45, 2.75) is 6.42 Å². The fourth-order valence-electron chi connectivity index (χ4n) is 1.75. The van der Waals surface area contributed by atoms with Crippen molar-refractivity contribution in [3.63, 3.8) is 0 Å². The minimum Gasteiger partial charge on any atom is -0.465 e. The molecule has 0 aliphatic rings. The molecule has 0 atom stereocenters. The molecule has 0 saturated carbocycles. The number of methoxy groups -OCH3 is 1. The van der Waals surface area contributed by atoms with Crippen LogP contribution in [-0.2, 0) is 16.0 Å². The maximum absolute atomic E-state index is 12.0. The summed E-state index contributed by atoms with van der Waals surface area (Å²) < 4.78 is 4.61. The van der Waals surface area contributed by atoms with Crippen LogP contribution in [-0.4, -0.2) is 24.0 Å². The van der Waals surface area contributed by atoms with Crippen LogP contribution in [0.25, 0.3) is 0 Å². The number of amides is 1. The van der Waals surface area contributed by atoms with Gasteiger partial charge in [0.15, 0.2) is 0 Å². The van der Waals surface area contributed by atoms with Crippen molar-refractivity contribution in [3.05, 3.63) is 58.7 Å². The van der Waals surface area contributed by atoms with Crippen molar-refractivity contribution in [1.82, 2.24) is 4.98 Å². The molecule has 0 saturated heterocycles. The van der Waals surface area contributed by atoms with E-state index in [0.29, 0.717) is 10.6 Å². The zero-order valence-corrected chi connectivity index (χ0v) is 12.1. The van der Waals surface area contributed by atoms with Crippen LogP contribution in [0.4, 0.5) is 5.82 Å². The van der Waals surface area contributed by atoms with E-state index in [1.165, 1.54) is 25.4 Å². The first-order chi connectivity index (χ1) is 10.1. The predicted octanol–water partition coefficient (Wildman–Crippen LogP) is 2.70. The smallest absolute Gasteiger partial charge is 0.338 e. The third-order valence-corrected chi connectivity index (χ3v) is 3.13. The molecule has 0 spiro atoms. The minimum atomic E-state index is -0.487. The van der Waals surface area contributed by atoms with E-state index in [0.717, 1.165) is 5.56 Å². The Morgan fingerprint density at radius 3 is 2.76 bits per heavy atom. The lowest BCUT2D eigenvalue weighted by Crippen LogP contribution is -2.16. The zero-order valence-electron chi connectivity index (χ0n) is 11.3. The van der Waals surface area contributed by atoms with Gasteiger partial charge in [0.1, 0.15) is 5.82 Å². The first-order valence-electron chi connectivity index (χ1n) is 6.18. The summed E-state index contributed by atoms with van der Waals surface area (Å²) in [6, 6.07) is 10.1. The fraction of sp³-hybridized carbons (Fsp3) is 0.133. The number of nitrogens with zero attached hydrogens (tertiary/aromatic N) is 1. The van der Waals surface area contributed by atoms with Gasteiger partial charge >= 0.3 is 5.97 Å². The van der Waals surface area contributed by atoms with Crippen molar-refractivity contribution in [3.8, 4) is 0 Å². The van der Waals surface area contributed by atoms with Crippen LogP contribution < -0.4 is 5.32 Å². The monoisotopic (exact) mass is 304 g/mol. The third-order valence-electron chi connectivity index (χ3n) is 2.76. The van der Waals surface area contributed by atoms with Gasteiger partial charge in [-0.05, 0) is 23.8 Å². The Bertz CT molecular complexity index is 673. The van der Waals surface area contributed by atoms with E-state index < -0.39 is 5.97 Å². The molecule has 6 heteroatoms. The Balaban J connectivity index is 2.06. The standard InChI is InChI=1S/C15H13ClN2O3/c1-21-15(20)11-6-7-17-13(8-11)18-14(19)9-10-4-2-3-5-12(10)16/h2-8H,9H2,1H3,(H,17,18,19). The number of rotatable bonds is 4. The maximum atomic E-state index is 12.0. The van der Waals surface area contributed by atoms with Crippen LogP contribution in [0.1, 0.15) is 15.9 Å². The molecule has 1 amide bonds. The van der Waals surface area contributed by atoms with Crippen LogP contribution in [0.15, 0.2) is 42.6 Å². The summed E-state index contributed by atoms with van der Waals surface area (Å²) >= 11 is 6.00. The third kappa shape index (κ3) is 4.03. The quantitative estimate of drug-likeness (QED) is 0.882. The van der Waals surface area contributed by atoms with Gasteiger partial charge in [-0.15, -0.1) is 0 Å². The van der Waals surface area contributed by atoms with Gasteiger partial charge in [-0.3, -0.25) is 4.79 Å². The second-order valence-electron chi connectivity index (χ2n) is 4.24. The molecule has 2 aromatic rings. The number of anilines is 1. The summed E-state index contributed by atoms with van der Waals surface area (Å²) in [7, 11) is 1.29. The number of carbonyl (C=O) groups excluding carboxylic acids is 2. The van der Waals surface area contributed by atoms with Crippen molar-refractivity contribution < 1.29 is 14.3 Å². The topological polar surface area (TPSA) is 68.3 Å². The molecule has 0 radical (unpaired) electrons. The van der Waals surface area contributed by atoms with Crippen LogP contribution in [0.5, 0.6) is 0 Å². The number of ether oxygens (including phenoxy) is 1. The van der Waals surface area contributed by atoms with Gasteiger partial charge in [-0.1, -0.05) is 29.8 Å². The van der Waals surface area contributed by atoms with E-state index >= 15 is 0 Å². The first kappa shape index (κ1) is 15.0. The highest BCUT2D eigenvalue weighted by Crippen LogP contribution is 2.16. The number of pyridine rings is 1. The van der Waals surface area contributed by atoms with Crippen LogP contribution in [0.3, 0.4) is 0 Å². The molecule has 108 valence electrons. The van der Waals surface area contributed by atoms with E-state index in [-0.39, 0.29) is 18.1 Å². The number of carbonyl (C=O) groups is 2. The number of nitrogens with one attached hydrogen (secondary N) is 1. The zero-order chi connectivity index (χ0) is 15.2. The van der Waals surface area contributed by atoms with Gasteiger partial charge in [-0.25, -0.2) is 9.78 Å². The maximum Gasteiger partial charge on any atom is 0.338 e. The van der Waals surface area contributed by atoms with Gasteiger partial charge < -0.3 is 10.1 Å². The number of esters is 1. The highest BCUT2D eigenvalue weighted by Gasteiger charge is 2.10. The molecular formula is C15H13ClN2O3. The Labute approximate surface area is 126 Å². The average molecular weight is 305 g/mol. The Hall–Kier alpha value is -2.40. The molecule has 1 aromatic heterocycles. The molecule has 0 fully saturated rings. The lowest BCUT2D eigenvalue weighted by Gasteiger charge is -2.07. The number of aromatic nitrogens is 1. The van der Waals surface area contributed by atoms with Gasteiger partial charge in [0.2, 0.25) is 5.91 Å². The van der Waals surface area contributed by atoms with E-state index in [9.17, 15) is 9.59 Å². The highest BCUT2D eigenvalue weighted by atomic mass is 35.5. The Kier molecular flexibility index (Phi) is 4.90. The van der Waals surface area contributed by atoms with Crippen molar-refractivity contribution in [2.75, 3.05) is 12.4 Å². The van der Waals surface area contributed by atoms with Crippen molar-refractivity contribution >= 4 is 29.3 Å². The van der Waals surface area contributed by atoms with Gasteiger partial charge in [-0.2, -0.15) is 0 Å². The molecule has 2 rings (SSSR count). The number of hydrogen-bond acceptors (Lipinski definition) is 4. The van der Waals surface area contributed by atoms with E-state index in [2.05, 4.69) is 15.0 Å². The van der Waals surface area contributed by atoms with E-state index in [1.807, 2.05) is 6.07 Å². The van der Waals surface area contributed by atoms with Crippen molar-refractivity contribution in [2.24, 2.45) is 0 Å².